The van der Waals surface area contributed by atoms with Crippen LogP contribution in [0.5, 0.6) is 0 Å². The van der Waals surface area contributed by atoms with Crippen molar-refractivity contribution in [2.24, 2.45) is 0 Å². The van der Waals surface area contributed by atoms with Gasteiger partial charge < -0.3 is 0 Å². The summed E-state index contributed by atoms with van der Waals surface area (Å²) in [5, 5.41) is 1.62. The molecule has 0 saturated carbocycles. The second-order valence-corrected chi connectivity index (χ2v) is 6.26. The van der Waals surface area contributed by atoms with Crippen molar-refractivity contribution in [3.8, 4) is 0 Å². The first-order valence-electron chi connectivity index (χ1n) is 5.26. The number of hydrogen-bond acceptors (Lipinski definition) is 4. The minimum Gasteiger partial charge on any atom is -0.263 e. The highest BCUT2D eigenvalue weighted by molar-refractivity contribution is 7.92. The zero-order valence-electron chi connectivity index (χ0n) is 10.7. The quantitative estimate of drug-likeness (QED) is 0.842. The van der Waals surface area contributed by atoms with Gasteiger partial charge in [0.1, 0.15) is 5.00 Å². The highest BCUT2D eigenvalue weighted by atomic mass is 32.2. The average molecular weight is 264 g/mol. The number of rotatable bonds is 3. The molecule has 1 aromatic heterocycles. The molecule has 0 amide bonds. The molecule has 0 aliphatic heterocycles. The molecular weight excluding hydrogens is 244 g/mol. The van der Waals surface area contributed by atoms with Crippen molar-refractivity contribution < 1.29 is 8.42 Å². The van der Waals surface area contributed by atoms with Crippen LogP contribution in [0.4, 0.5) is 5.00 Å². The largest absolute Gasteiger partial charge is 0.263 e. The molecule has 16 heavy (non-hydrogen) atoms. The van der Waals surface area contributed by atoms with Crippen LogP contribution in [-0.4, -0.2) is 26.7 Å². The van der Waals surface area contributed by atoms with E-state index in [1.165, 1.54) is 21.9 Å². The molecule has 1 heterocycles. The summed E-state index contributed by atoms with van der Waals surface area (Å²) >= 11 is 1.41. The number of hydrogen-bond donors (Lipinski definition) is 0. The van der Waals surface area contributed by atoms with E-state index in [4.69, 9.17) is 0 Å². The van der Waals surface area contributed by atoms with Gasteiger partial charge in [-0.3, -0.25) is 4.31 Å². The molecule has 0 aliphatic rings. The molecule has 0 spiro atoms. The average Bonchev–Trinajstić information content (AvgIpc) is 2.60. The van der Waals surface area contributed by atoms with Crippen molar-refractivity contribution >= 4 is 26.4 Å². The Bertz CT molecular complexity index is 424. The molecule has 1 rings (SSSR count). The van der Waals surface area contributed by atoms with E-state index in [1.54, 1.807) is 7.05 Å². The summed E-state index contributed by atoms with van der Waals surface area (Å²) < 4.78 is 23.9. The van der Waals surface area contributed by atoms with Gasteiger partial charge in [0.25, 0.3) is 0 Å². The maximum Gasteiger partial charge on any atom is 0.232 e. The molecule has 0 bridgehead atoms. The van der Waals surface area contributed by atoms with Gasteiger partial charge in [-0.25, -0.2) is 13.4 Å². The highest BCUT2D eigenvalue weighted by Gasteiger charge is 2.18. The predicted octanol–water partition coefficient (Wildman–Crippen LogP) is 2.44. The Balaban J connectivity index is 0.00000106. The Labute approximate surface area is 102 Å². The Morgan fingerprint density at radius 2 is 1.88 bits per heavy atom. The van der Waals surface area contributed by atoms with Crippen LogP contribution in [-0.2, 0) is 16.4 Å². The topological polar surface area (TPSA) is 50.3 Å². The van der Waals surface area contributed by atoms with Gasteiger partial charge in [0.15, 0.2) is 0 Å². The Hall–Kier alpha value is -0.620. The van der Waals surface area contributed by atoms with Crippen LogP contribution in [0.3, 0.4) is 0 Å². The molecule has 0 atom stereocenters. The number of nitrogens with zero attached hydrogens (tertiary/aromatic N) is 2. The molecule has 0 aliphatic carbocycles. The van der Waals surface area contributed by atoms with Crippen LogP contribution in [0, 0.1) is 6.92 Å². The minimum atomic E-state index is -3.17. The molecule has 0 unspecified atom stereocenters. The molecule has 1 aromatic rings. The number of aromatic nitrogens is 1. The number of aryl methyl sites for hydroxylation is 2. The molecule has 0 radical (unpaired) electrons. The standard InChI is InChI=1S/C8H14N2O2S2.C2H6/c1-5-7-8(13-6(2)9-7)10(3)14(4,11)12;1-2/h5H2,1-4H3;1-2H3. The SMILES string of the molecule is CC.CCc1nc(C)sc1N(C)S(C)(=O)=O. The monoisotopic (exact) mass is 264 g/mol. The van der Waals surface area contributed by atoms with Crippen molar-refractivity contribution in [1.29, 1.82) is 0 Å². The van der Waals surface area contributed by atoms with Crippen molar-refractivity contribution in [1.82, 2.24) is 4.98 Å². The Morgan fingerprint density at radius 3 is 2.25 bits per heavy atom. The number of anilines is 1. The van der Waals surface area contributed by atoms with E-state index >= 15 is 0 Å². The lowest BCUT2D eigenvalue weighted by Crippen LogP contribution is -2.24. The summed E-state index contributed by atoms with van der Waals surface area (Å²) in [4.78, 5) is 4.28. The lowest BCUT2D eigenvalue weighted by Gasteiger charge is -2.14. The fourth-order valence-electron chi connectivity index (χ4n) is 1.09. The smallest absolute Gasteiger partial charge is 0.232 e. The molecule has 0 fully saturated rings. The van der Waals surface area contributed by atoms with E-state index in [9.17, 15) is 8.42 Å². The molecule has 94 valence electrons. The predicted molar refractivity (Wildman–Crippen MR) is 70.8 cm³/mol. The van der Waals surface area contributed by atoms with Crippen LogP contribution in [0.1, 0.15) is 31.5 Å². The first-order valence-corrected chi connectivity index (χ1v) is 7.93. The van der Waals surface area contributed by atoms with E-state index in [-0.39, 0.29) is 0 Å². The van der Waals surface area contributed by atoms with Crippen LogP contribution in [0.25, 0.3) is 0 Å². The third-order valence-corrected chi connectivity index (χ3v) is 4.28. The van der Waals surface area contributed by atoms with Gasteiger partial charge in [-0.2, -0.15) is 0 Å². The maximum absolute atomic E-state index is 11.3. The second kappa shape index (κ2) is 6.20. The minimum absolute atomic E-state index is 0.729. The van der Waals surface area contributed by atoms with Gasteiger partial charge >= 0.3 is 0 Å². The van der Waals surface area contributed by atoms with Crippen molar-refractivity contribution in [3.63, 3.8) is 0 Å². The van der Waals surface area contributed by atoms with Crippen LogP contribution < -0.4 is 4.31 Å². The Morgan fingerprint density at radius 1 is 1.38 bits per heavy atom. The highest BCUT2D eigenvalue weighted by Crippen LogP contribution is 2.29. The lowest BCUT2D eigenvalue weighted by atomic mass is 10.3. The van der Waals surface area contributed by atoms with Gasteiger partial charge in [-0.05, 0) is 13.3 Å². The third kappa shape index (κ3) is 3.75. The van der Waals surface area contributed by atoms with Crippen LogP contribution in [0.15, 0.2) is 0 Å². The van der Waals surface area contributed by atoms with Gasteiger partial charge in [0.05, 0.1) is 17.0 Å². The Kier molecular flexibility index (Phi) is 5.96. The van der Waals surface area contributed by atoms with Gasteiger partial charge in [0.2, 0.25) is 10.0 Å². The van der Waals surface area contributed by atoms with E-state index in [2.05, 4.69) is 4.98 Å². The first-order chi connectivity index (χ1) is 7.36. The third-order valence-electron chi connectivity index (χ3n) is 1.90. The zero-order chi connectivity index (χ0) is 12.9. The van der Waals surface area contributed by atoms with Gasteiger partial charge in [-0.1, -0.05) is 20.8 Å². The number of sulfonamides is 1. The maximum atomic E-state index is 11.3. The van der Waals surface area contributed by atoms with Crippen LogP contribution >= 0.6 is 11.3 Å². The van der Waals surface area contributed by atoms with Crippen LogP contribution in [0.2, 0.25) is 0 Å². The fourth-order valence-corrected chi connectivity index (χ4v) is 2.88. The molecule has 0 saturated heterocycles. The van der Waals surface area contributed by atoms with Crippen molar-refractivity contribution in [3.05, 3.63) is 10.7 Å². The fraction of sp³-hybridized carbons (Fsp3) is 0.700. The van der Waals surface area contributed by atoms with E-state index < -0.39 is 10.0 Å². The second-order valence-electron chi connectivity index (χ2n) is 3.07. The van der Waals surface area contributed by atoms with Crippen molar-refractivity contribution in [2.75, 3.05) is 17.6 Å². The normalized spacial score (nSPS) is 10.6. The molecule has 0 aromatic carbocycles. The summed E-state index contributed by atoms with van der Waals surface area (Å²) in [7, 11) is -1.61. The molecule has 4 nitrogen and oxygen atoms in total. The van der Waals surface area contributed by atoms with Gasteiger partial charge in [0, 0.05) is 7.05 Å². The molecule has 0 N–H and O–H groups in total. The van der Waals surface area contributed by atoms with Crippen molar-refractivity contribution in [2.45, 2.75) is 34.1 Å². The van der Waals surface area contributed by atoms with E-state index in [1.807, 2.05) is 27.7 Å². The molecule has 6 heteroatoms. The summed E-state index contributed by atoms with van der Waals surface area (Å²) in [6.45, 7) is 7.84. The summed E-state index contributed by atoms with van der Waals surface area (Å²) in [6.07, 6.45) is 1.95. The number of thiazole rings is 1. The summed E-state index contributed by atoms with van der Waals surface area (Å²) in [5.74, 6) is 0. The van der Waals surface area contributed by atoms with E-state index in [0.717, 1.165) is 22.1 Å². The first kappa shape index (κ1) is 15.4. The van der Waals surface area contributed by atoms with Gasteiger partial charge in [-0.15, -0.1) is 11.3 Å². The molecular formula is C10H20N2O2S2. The summed E-state index contributed by atoms with van der Waals surface area (Å²) in [5.41, 5.74) is 0.848. The lowest BCUT2D eigenvalue weighted by molar-refractivity contribution is 0.600. The summed E-state index contributed by atoms with van der Waals surface area (Å²) in [6, 6.07) is 0. The van der Waals surface area contributed by atoms with E-state index in [0.29, 0.717) is 0 Å². The zero-order valence-corrected chi connectivity index (χ0v) is 12.4.